The molecule has 0 aliphatic carbocycles. The van der Waals surface area contributed by atoms with Gasteiger partial charge in [0.05, 0.1) is 33.5 Å². The minimum atomic E-state index is -1.01. The van der Waals surface area contributed by atoms with Crippen LogP contribution in [0.3, 0.4) is 0 Å². The summed E-state index contributed by atoms with van der Waals surface area (Å²) in [6.07, 6.45) is -5.39. The van der Waals surface area contributed by atoms with Gasteiger partial charge in [-0.2, -0.15) is 0 Å². The van der Waals surface area contributed by atoms with E-state index in [0.717, 1.165) is 22.4 Å². The highest BCUT2D eigenvalue weighted by molar-refractivity contribution is 5.26. The Bertz CT molecular complexity index is 1520. The van der Waals surface area contributed by atoms with Gasteiger partial charge in [-0.25, -0.2) is 9.78 Å². The molecule has 4 heterocycles. The van der Waals surface area contributed by atoms with Crippen LogP contribution in [0.25, 0.3) is 0 Å². The molecule has 12 heteroatoms. The molecule has 0 saturated carbocycles. The molecule has 9 atom stereocenters. The molecular weight excluding hydrogens is 660 g/mol. The molecule has 276 valence electrons. The Hall–Kier alpha value is -2.98. The Morgan fingerprint density at radius 2 is 1.35 bits per heavy atom. The summed E-state index contributed by atoms with van der Waals surface area (Å²) in [7, 11) is 1.63. The normalized spacial score (nSPS) is 32.8. The van der Waals surface area contributed by atoms with Crippen LogP contribution >= 0.6 is 0 Å². The van der Waals surface area contributed by atoms with Crippen LogP contribution in [-0.4, -0.2) is 87.5 Å². The van der Waals surface area contributed by atoms with E-state index in [0.29, 0.717) is 13.2 Å². The fourth-order valence-corrected chi connectivity index (χ4v) is 6.81. The first-order valence-corrected chi connectivity index (χ1v) is 17.5. The van der Waals surface area contributed by atoms with Gasteiger partial charge in [-0.05, 0) is 51.0 Å². The molecule has 0 N–H and O–H groups in total. The van der Waals surface area contributed by atoms with Crippen molar-refractivity contribution in [3.63, 3.8) is 0 Å². The maximum absolute atomic E-state index is 6.69. The second kappa shape index (κ2) is 15.9. The first kappa shape index (κ1) is 36.4. The van der Waals surface area contributed by atoms with Crippen LogP contribution in [0.15, 0.2) is 84.9 Å². The van der Waals surface area contributed by atoms with Crippen molar-refractivity contribution in [2.45, 2.75) is 108 Å². The average Bonchev–Trinajstić information content (AvgIpc) is 3.67. The van der Waals surface area contributed by atoms with Crippen LogP contribution in [0.2, 0.25) is 0 Å². The van der Waals surface area contributed by atoms with E-state index in [1.165, 1.54) is 0 Å². The van der Waals surface area contributed by atoms with Crippen LogP contribution in [0.4, 0.5) is 0 Å². The van der Waals surface area contributed by atoms with Gasteiger partial charge in [0.2, 0.25) is 6.29 Å². The third kappa shape index (κ3) is 8.98. The average molecular weight is 709 g/mol. The summed E-state index contributed by atoms with van der Waals surface area (Å²) in [6.45, 7) is 8.66. The van der Waals surface area contributed by atoms with Gasteiger partial charge < -0.3 is 47.4 Å². The Morgan fingerprint density at radius 3 is 2.04 bits per heavy atom. The monoisotopic (exact) mass is 708 g/mol. The Kier molecular flexibility index (Phi) is 11.4. The van der Waals surface area contributed by atoms with Crippen molar-refractivity contribution in [1.29, 1.82) is 0 Å². The minimum absolute atomic E-state index is 0.0339. The van der Waals surface area contributed by atoms with Gasteiger partial charge in [0, 0.05) is 5.56 Å². The molecule has 12 nitrogen and oxygen atoms in total. The molecule has 51 heavy (non-hydrogen) atoms. The van der Waals surface area contributed by atoms with Crippen molar-refractivity contribution < 1.29 is 57.1 Å². The van der Waals surface area contributed by atoms with E-state index in [4.69, 9.17) is 57.1 Å². The van der Waals surface area contributed by atoms with Gasteiger partial charge >= 0.3 is 0 Å². The van der Waals surface area contributed by atoms with E-state index in [-0.39, 0.29) is 25.9 Å². The van der Waals surface area contributed by atoms with Crippen molar-refractivity contribution in [2.75, 3.05) is 26.9 Å². The molecule has 3 aromatic rings. The van der Waals surface area contributed by atoms with Crippen molar-refractivity contribution in [2.24, 2.45) is 0 Å². The predicted octanol–water partition coefficient (Wildman–Crippen LogP) is 5.62. The lowest BCUT2D eigenvalue weighted by molar-refractivity contribution is -0.449. The molecule has 0 aromatic heterocycles. The predicted molar refractivity (Wildman–Crippen MR) is 181 cm³/mol. The lowest BCUT2D eigenvalue weighted by atomic mass is 9.97. The fourth-order valence-electron chi connectivity index (χ4n) is 6.81. The zero-order chi connectivity index (χ0) is 35.4. The molecule has 0 amide bonds. The van der Waals surface area contributed by atoms with Crippen LogP contribution in [0, 0.1) is 0 Å². The van der Waals surface area contributed by atoms with E-state index < -0.39 is 60.8 Å². The number of rotatable bonds is 13. The zero-order valence-corrected chi connectivity index (χ0v) is 29.7. The number of hydrogen-bond acceptors (Lipinski definition) is 12. The van der Waals surface area contributed by atoms with Gasteiger partial charge in [0.15, 0.2) is 17.9 Å². The first-order valence-electron chi connectivity index (χ1n) is 17.5. The van der Waals surface area contributed by atoms with E-state index >= 15 is 0 Å². The second-order valence-electron chi connectivity index (χ2n) is 14.0. The van der Waals surface area contributed by atoms with Gasteiger partial charge in [-0.1, -0.05) is 72.8 Å². The van der Waals surface area contributed by atoms with Gasteiger partial charge in [-0.3, -0.25) is 0 Å². The molecule has 7 rings (SSSR count). The summed E-state index contributed by atoms with van der Waals surface area (Å²) in [5.41, 5.74) is 2.83. The smallest absolute Gasteiger partial charge is 0.220 e. The number of benzene rings is 3. The number of hydrogen-bond donors (Lipinski definition) is 0. The van der Waals surface area contributed by atoms with E-state index in [1.54, 1.807) is 7.11 Å². The SMILES string of the molecule is COc1ccc(CO[C@@H]2[C@H](OOC[C@H]3OC(C)(C)O[C@@H]3[C@@H]3COC(C)(C)O3)O[C@@H]3COC(c4ccccc4)O[C@H]3[C@@H]2OCc2ccccc2)cc1. The van der Waals surface area contributed by atoms with Gasteiger partial charge in [0.25, 0.3) is 0 Å². The maximum atomic E-state index is 6.69. The first-order chi connectivity index (χ1) is 24.7. The van der Waals surface area contributed by atoms with E-state index in [9.17, 15) is 0 Å². The van der Waals surface area contributed by atoms with Crippen molar-refractivity contribution in [3.05, 3.63) is 102 Å². The number of methoxy groups -OCH3 is 1. The van der Waals surface area contributed by atoms with Gasteiger partial charge in [-0.15, -0.1) is 0 Å². The number of fused-ring (bicyclic) bond motifs is 1. The summed E-state index contributed by atoms with van der Waals surface area (Å²) < 4.78 is 62.3. The highest BCUT2D eigenvalue weighted by Crippen LogP contribution is 2.39. The highest BCUT2D eigenvalue weighted by Gasteiger charge is 2.53. The molecule has 0 radical (unpaired) electrons. The largest absolute Gasteiger partial charge is 0.497 e. The van der Waals surface area contributed by atoms with Gasteiger partial charge in [0.1, 0.15) is 55.1 Å². The third-order valence-corrected chi connectivity index (χ3v) is 9.26. The lowest BCUT2D eigenvalue weighted by Gasteiger charge is -2.48. The van der Waals surface area contributed by atoms with Crippen LogP contribution < -0.4 is 4.74 Å². The number of ether oxygens (including phenoxy) is 10. The quantitative estimate of drug-likeness (QED) is 0.162. The highest BCUT2D eigenvalue weighted by atomic mass is 17.2. The Labute approximate surface area is 298 Å². The van der Waals surface area contributed by atoms with Crippen LogP contribution in [-0.2, 0) is 65.6 Å². The molecular formula is C39H48O12. The second-order valence-corrected chi connectivity index (χ2v) is 14.0. The molecule has 0 bridgehead atoms. The van der Waals surface area contributed by atoms with Crippen molar-refractivity contribution in [3.8, 4) is 5.75 Å². The zero-order valence-electron chi connectivity index (χ0n) is 29.7. The van der Waals surface area contributed by atoms with E-state index in [1.807, 2.05) is 113 Å². The fraction of sp³-hybridized carbons (Fsp3) is 0.538. The standard InChI is InChI=1S/C39H48O12/c1-38(2)44-23-30(48-38)32-31(49-39(3,4)50-32)24-45-51-37-35(42-21-26-16-18-28(40-5)19-17-26)34(41-20-25-12-8-6-9-13-25)33-29(46-37)22-43-36(47-33)27-14-10-7-11-15-27/h6-19,29-37H,20-24H2,1-5H3/t29-,30+,31-,32-,33-,34+,35+,36?,37+/m1/s1. The van der Waals surface area contributed by atoms with Crippen LogP contribution in [0.5, 0.6) is 5.75 Å². The maximum Gasteiger partial charge on any atom is 0.220 e. The summed E-state index contributed by atoms with van der Waals surface area (Å²) in [6, 6.07) is 27.4. The molecule has 3 aromatic carbocycles. The molecule has 0 spiro atoms. The topological polar surface area (TPSA) is 111 Å². The van der Waals surface area contributed by atoms with Crippen LogP contribution in [0.1, 0.15) is 50.7 Å². The molecule has 4 fully saturated rings. The van der Waals surface area contributed by atoms with E-state index in [2.05, 4.69) is 0 Å². The molecule has 1 unspecified atom stereocenters. The van der Waals surface area contributed by atoms with Crippen molar-refractivity contribution in [1.82, 2.24) is 0 Å². The Balaban J connectivity index is 1.11. The molecule has 4 aliphatic heterocycles. The summed E-state index contributed by atoms with van der Waals surface area (Å²) in [5.74, 6) is -0.820. The molecule has 4 saturated heterocycles. The third-order valence-electron chi connectivity index (χ3n) is 9.26. The molecule has 4 aliphatic rings. The summed E-state index contributed by atoms with van der Waals surface area (Å²) in [5, 5.41) is 0. The van der Waals surface area contributed by atoms with Crippen molar-refractivity contribution >= 4 is 0 Å². The Morgan fingerprint density at radius 1 is 0.667 bits per heavy atom. The summed E-state index contributed by atoms with van der Waals surface area (Å²) in [4.78, 5) is 12.0. The minimum Gasteiger partial charge on any atom is -0.497 e. The summed E-state index contributed by atoms with van der Waals surface area (Å²) >= 11 is 0. The lowest BCUT2D eigenvalue weighted by Crippen LogP contribution is -2.63.